The molecule has 0 radical (unpaired) electrons. The van der Waals surface area contributed by atoms with E-state index in [2.05, 4.69) is 5.43 Å². The Morgan fingerprint density at radius 2 is 1.84 bits per heavy atom. The summed E-state index contributed by atoms with van der Waals surface area (Å²) in [5.41, 5.74) is 3.22. The van der Waals surface area contributed by atoms with Crippen LogP contribution in [0, 0.1) is 12.8 Å². The number of hydrazine groups is 1. The van der Waals surface area contributed by atoms with Crippen LogP contribution in [0.4, 0.5) is 0 Å². The number of hydrogen-bond acceptors (Lipinski definition) is 4. The molecule has 0 aliphatic heterocycles. The van der Waals surface area contributed by atoms with Crippen molar-refractivity contribution in [1.29, 1.82) is 0 Å². The first-order valence-electron chi connectivity index (χ1n) is 8.25. The lowest BCUT2D eigenvalue weighted by molar-refractivity contribution is -0.155. The van der Waals surface area contributed by atoms with E-state index in [9.17, 15) is 14.4 Å². The van der Waals surface area contributed by atoms with E-state index in [4.69, 9.17) is 9.84 Å². The molecule has 0 bridgehead atoms. The van der Waals surface area contributed by atoms with Crippen molar-refractivity contribution < 1.29 is 24.2 Å². The molecule has 7 nitrogen and oxygen atoms in total. The van der Waals surface area contributed by atoms with Gasteiger partial charge in [0.15, 0.2) is 6.61 Å². The SMILES string of the molecule is Cc1ccccc1OCC(=O)NN(C(=O)CCC(C)C)C(C)C(=O)O. The Morgan fingerprint density at radius 3 is 2.40 bits per heavy atom. The van der Waals surface area contributed by atoms with Gasteiger partial charge in [-0.15, -0.1) is 0 Å². The Kier molecular flexibility index (Phi) is 7.91. The topological polar surface area (TPSA) is 95.9 Å². The van der Waals surface area contributed by atoms with Crippen LogP contribution in [0.2, 0.25) is 0 Å². The molecule has 0 saturated carbocycles. The van der Waals surface area contributed by atoms with Crippen LogP contribution < -0.4 is 10.2 Å². The Bertz CT molecular complexity index is 615. The number of carboxylic acid groups (broad SMARTS) is 1. The molecule has 1 unspecified atom stereocenters. The lowest BCUT2D eigenvalue weighted by Gasteiger charge is -2.27. The maximum absolute atomic E-state index is 12.3. The number of carbonyl (C=O) groups is 3. The van der Waals surface area contributed by atoms with E-state index in [1.807, 2.05) is 32.9 Å². The molecule has 25 heavy (non-hydrogen) atoms. The minimum absolute atomic E-state index is 0.161. The molecule has 0 fully saturated rings. The van der Waals surface area contributed by atoms with Crippen molar-refractivity contribution in [2.75, 3.05) is 6.61 Å². The molecule has 2 N–H and O–H groups in total. The largest absolute Gasteiger partial charge is 0.483 e. The fraction of sp³-hybridized carbons (Fsp3) is 0.500. The second-order valence-electron chi connectivity index (χ2n) is 6.30. The number of para-hydroxylation sites is 1. The van der Waals surface area contributed by atoms with E-state index < -0.39 is 23.8 Å². The molecule has 1 aromatic rings. The molecule has 0 aromatic heterocycles. The van der Waals surface area contributed by atoms with Crippen molar-refractivity contribution in [1.82, 2.24) is 10.4 Å². The van der Waals surface area contributed by atoms with Gasteiger partial charge in [0.2, 0.25) is 5.91 Å². The number of nitrogens with one attached hydrogen (secondary N) is 1. The number of benzene rings is 1. The Labute approximate surface area is 147 Å². The number of rotatable bonds is 8. The van der Waals surface area contributed by atoms with Crippen molar-refractivity contribution in [2.24, 2.45) is 5.92 Å². The van der Waals surface area contributed by atoms with Gasteiger partial charge in [-0.25, -0.2) is 9.80 Å². The zero-order chi connectivity index (χ0) is 19.0. The van der Waals surface area contributed by atoms with Gasteiger partial charge in [-0.3, -0.25) is 15.0 Å². The predicted molar refractivity (Wildman–Crippen MR) is 92.8 cm³/mol. The minimum Gasteiger partial charge on any atom is -0.483 e. The van der Waals surface area contributed by atoms with E-state index >= 15 is 0 Å². The molecule has 1 aromatic carbocycles. The summed E-state index contributed by atoms with van der Waals surface area (Å²) < 4.78 is 5.42. The van der Waals surface area contributed by atoms with Crippen LogP contribution in [0.15, 0.2) is 24.3 Å². The monoisotopic (exact) mass is 350 g/mol. The number of aliphatic carboxylic acids is 1. The first kappa shape index (κ1) is 20.5. The summed E-state index contributed by atoms with van der Waals surface area (Å²) in [6.45, 7) is 6.81. The molecule has 0 aliphatic carbocycles. The molecule has 1 atom stereocenters. The van der Waals surface area contributed by atoms with E-state index in [1.165, 1.54) is 6.92 Å². The first-order valence-corrected chi connectivity index (χ1v) is 8.25. The van der Waals surface area contributed by atoms with Crippen molar-refractivity contribution in [3.05, 3.63) is 29.8 Å². The van der Waals surface area contributed by atoms with Crippen LogP contribution >= 0.6 is 0 Å². The van der Waals surface area contributed by atoms with Gasteiger partial charge in [0.25, 0.3) is 5.91 Å². The lowest BCUT2D eigenvalue weighted by atomic mass is 10.1. The van der Waals surface area contributed by atoms with E-state index in [1.54, 1.807) is 12.1 Å². The Morgan fingerprint density at radius 1 is 1.20 bits per heavy atom. The summed E-state index contributed by atoms with van der Waals surface area (Å²) in [6, 6.07) is 6.05. The molecular weight excluding hydrogens is 324 g/mol. The maximum atomic E-state index is 12.3. The molecule has 0 heterocycles. The first-order chi connectivity index (χ1) is 11.7. The second kappa shape index (κ2) is 9.66. The number of ether oxygens (including phenoxy) is 1. The summed E-state index contributed by atoms with van der Waals surface area (Å²) in [5, 5.41) is 10.0. The molecule has 0 aliphatic rings. The van der Waals surface area contributed by atoms with Crippen molar-refractivity contribution in [3.63, 3.8) is 0 Å². The second-order valence-corrected chi connectivity index (χ2v) is 6.30. The standard InChI is InChI=1S/C18H26N2O5/c1-12(2)9-10-17(22)20(14(4)18(23)24)19-16(21)11-25-15-8-6-5-7-13(15)3/h5-8,12,14H,9-11H2,1-4H3,(H,19,21)(H,23,24). The van der Waals surface area contributed by atoms with Crippen molar-refractivity contribution in [2.45, 2.75) is 46.6 Å². The predicted octanol–water partition coefficient (Wildman–Crippen LogP) is 2.14. The number of carboxylic acids is 1. The molecule has 0 saturated heterocycles. The summed E-state index contributed by atoms with van der Waals surface area (Å²) in [5.74, 6) is -1.37. The van der Waals surface area contributed by atoms with Crippen molar-refractivity contribution >= 4 is 17.8 Å². The highest BCUT2D eigenvalue weighted by molar-refractivity contribution is 5.87. The summed E-state index contributed by atoms with van der Waals surface area (Å²) in [7, 11) is 0. The van der Waals surface area contributed by atoms with Crippen LogP contribution in [0.25, 0.3) is 0 Å². The Hall–Kier alpha value is -2.57. The smallest absolute Gasteiger partial charge is 0.328 e. The van der Waals surface area contributed by atoms with Gasteiger partial charge < -0.3 is 9.84 Å². The molecule has 1 rings (SSSR count). The van der Waals surface area contributed by atoms with Crippen LogP contribution in [0.3, 0.4) is 0 Å². The molecule has 138 valence electrons. The number of carbonyl (C=O) groups excluding carboxylic acids is 2. The number of nitrogens with zero attached hydrogens (tertiary/aromatic N) is 1. The van der Waals surface area contributed by atoms with Crippen LogP contribution in [-0.2, 0) is 14.4 Å². The van der Waals surface area contributed by atoms with E-state index in [0.717, 1.165) is 10.6 Å². The number of aryl methyl sites for hydroxylation is 1. The third-order valence-electron chi connectivity index (χ3n) is 3.65. The quantitative estimate of drug-likeness (QED) is 0.700. The highest BCUT2D eigenvalue weighted by atomic mass is 16.5. The molecule has 2 amide bonds. The van der Waals surface area contributed by atoms with Crippen LogP contribution in [-0.4, -0.2) is 40.5 Å². The zero-order valence-electron chi connectivity index (χ0n) is 15.1. The van der Waals surface area contributed by atoms with Gasteiger partial charge in [0, 0.05) is 6.42 Å². The van der Waals surface area contributed by atoms with Gasteiger partial charge in [0.1, 0.15) is 11.8 Å². The van der Waals surface area contributed by atoms with E-state index in [0.29, 0.717) is 18.1 Å². The lowest BCUT2D eigenvalue weighted by Crippen LogP contribution is -2.54. The maximum Gasteiger partial charge on any atom is 0.328 e. The fourth-order valence-electron chi connectivity index (χ4n) is 2.05. The summed E-state index contributed by atoms with van der Waals surface area (Å²) in [6.07, 6.45) is 0.769. The van der Waals surface area contributed by atoms with Gasteiger partial charge in [-0.2, -0.15) is 0 Å². The highest BCUT2D eigenvalue weighted by Gasteiger charge is 2.27. The number of amides is 2. The Balaban J connectivity index is 2.69. The fourth-order valence-corrected chi connectivity index (χ4v) is 2.05. The molecular formula is C18H26N2O5. The van der Waals surface area contributed by atoms with Crippen LogP contribution in [0.1, 0.15) is 39.2 Å². The number of hydrogen-bond donors (Lipinski definition) is 2. The average molecular weight is 350 g/mol. The third-order valence-corrected chi connectivity index (χ3v) is 3.65. The van der Waals surface area contributed by atoms with Crippen molar-refractivity contribution in [3.8, 4) is 5.75 Å². The third kappa shape index (κ3) is 6.82. The average Bonchev–Trinajstić information content (AvgIpc) is 2.56. The molecule has 7 heteroatoms. The summed E-state index contributed by atoms with van der Waals surface area (Å²) in [4.78, 5) is 35.6. The molecule has 0 spiro atoms. The van der Waals surface area contributed by atoms with Gasteiger partial charge >= 0.3 is 5.97 Å². The van der Waals surface area contributed by atoms with Crippen LogP contribution in [0.5, 0.6) is 5.75 Å². The van der Waals surface area contributed by atoms with Gasteiger partial charge in [-0.05, 0) is 37.8 Å². The van der Waals surface area contributed by atoms with Gasteiger partial charge in [-0.1, -0.05) is 32.0 Å². The zero-order valence-corrected chi connectivity index (χ0v) is 15.1. The van der Waals surface area contributed by atoms with Gasteiger partial charge in [0.05, 0.1) is 0 Å². The normalized spacial score (nSPS) is 11.7. The van der Waals surface area contributed by atoms with E-state index in [-0.39, 0.29) is 13.0 Å². The minimum atomic E-state index is -1.20. The summed E-state index contributed by atoms with van der Waals surface area (Å²) >= 11 is 0. The highest BCUT2D eigenvalue weighted by Crippen LogP contribution is 2.15.